The third kappa shape index (κ3) is 2.45. The molecule has 4 rings (SSSR count). The molecule has 6 nitrogen and oxygen atoms in total. The van der Waals surface area contributed by atoms with Gasteiger partial charge in [0, 0.05) is 29.0 Å². The predicted molar refractivity (Wildman–Crippen MR) is 102 cm³/mol. The third-order valence-corrected chi connectivity index (χ3v) is 4.75. The summed E-state index contributed by atoms with van der Waals surface area (Å²) in [7, 11) is 2.93. The fraction of sp³-hybridized carbons (Fsp3) is 0.136. The Kier molecular flexibility index (Phi) is 4.11. The van der Waals surface area contributed by atoms with Crippen molar-refractivity contribution in [2.24, 2.45) is 0 Å². The monoisotopic (exact) mass is 376 g/mol. The summed E-state index contributed by atoms with van der Waals surface area (Å²) < 4.78 is 16.0. The molecule has 0 saturated carbocycles. The Hall–Kier alpha value is -3.67. The molecule has 1 aliphatic carbocycles. The van der Waals surface area contributed by atoms with Crippen molar-refractivity contribution in [3.8, 4) is 17.2 Å². The molecule has 0 unspecified atom stereocenters. The summed E-state index contributed by atoms with van der Waals surface area (Å²) in [5.74, 6) is -0.274. The fourth-order valence-corrected chi connectivity index (χ4v) is 3.64. The van der Waals surface area contributed by atoms with Crippen molar-refractivity contribution >= 4 is 28.3 Å². The van der Waals surface area contributed by atoms with Gasteiger partial charge in [-0.3, -0.25) is 14.4 Å². The van der Waals surface area contributed by atoms with E-state index in [9.17, 15) is 14.4 Å². The number of carbonyl (C=O) groups excluding carboxylic acids is 3. The summed E-state index contributed by atoms with van der Waals surface area (Å²) in [6, 6.07) is 11.5. The maximum absolute atomic E-state index is 13.3. The van der Waals surface area contributed by atoms with E-state index in [0.717, 1.165) is 0 Å². The smallest absolute Gasteiger partial charge is 0.308 e. The van der Waals surface area contributed by atoms with Crippen molar-refractivity contribution in [1.29, 1.82) is 0 Å². The van der Waals surface area contributed by atoms with Gasteiger partial charge in [0.25, 0.3) is 0 Å². The van der Waals surface area contributed by atoms with E-state index in [1.54, 1.807) is 36.4 Å². The van der Waals surface area contributed by atoms with Crippen LogP contribution in [0, 0.1) is 0 Å². The van der Waals surface area contributed by atoms with Crippen molar-refractivity contribution in [2.75, 3.05) is 14.2 Å². The maximum atomic E-state index is 13.3. The molecular weight excluding hydrogens is 360 g/mol. The molecule has 0 atom stereocenters. The molecule has 0 spiro atoms. The Morgan fingerprint density at radius 3 is 2.11 bits per heavy atom. The van der Waals surface area contributed by atoms with Crippen molar-refractivity contribution in [1.82, 2.24) is 0 Å². The molecule has 1 aliphatic rings. The highest BCUT2D eigenvalue weighted by molar-refractivity contribution is 6.33. The quantitative estimate of drug-likeness (QED) is 0.402. The number of rotatable bonds is 3. The first kappa shape index (κ1) is 17.7. The predicted octanol–water partition coefficient (Wildman–Crippen LogP) is 3.56. The number of esters is 1. The molecule has 0 aliphatic heterocycles. The van der Waals surface area contributed by atoms with Crippen LogP contribution in [0.5, 0.6) is 17.2 Å². The van der Waals surface area contributed by atoms with Gasteiger partial charge in [-0.2, -0.15) is 0 Å². The fourth-order valence-electron chi connectivity index (χ4n) is 3.64. The number of benzene rings is 3. The van der Waals surface area contributed by atoms with E-state index in [-0.39, 0.29) is 39.6 Å². The second kappa shape index (κ2) is 6.49. The van der Waals surface area contributed by atoms with Crippen LogP contribution in [0.15, 0.2) is 42.5 Å². The molecule has 6 heteroatoms. The zero-order valence-corrected chi connectivity index (χ0v) is 15.5. The highest BCUT2D eigenvalue weighted by atomic mass is 16.5. The van der Waals surface area contributed by atoms with Gasteiger partial charge in [-0.25, -0.2) is 0 Å². The molecular formula is C22H16O6. The minimum absolute atomic E-state index is 0.165. The van der Waals surface area contributed by atoms with Crippen molar-refractivity contribution in [2.45, 2.75) is 6.92 Å². The number of carbonyl (C=O) groups is 3. The van der Waals surface area contributed by atoms with Crippen molar-refractivity contribution in [3.63, 3.8) is 0 Å². The van der Waals surface area contributed by atoms with Crippen LogP contribution in [0.2, 0.25) is 0 Å². The molecule has 0 N–H and O–H groups in total. The Bertz CT molecular complexity index is 1180. The molecule has 28 heavy (non-hydrogen) atoms. The zero-order chi connectivity index (χ0) is 20.0. The normalized spacial score (nSPS) is 12.4. The van der Waals surface area contributed by atoms with Crippen LogP contribution in [0.1, 0.15) is 38.8 Å². The van der Waals surface area contributed by atoms with Crippen LogP contribution in [0.3, 0.4) is 0 Å². The van der Waals surface area contributed by atoms with Gasteiger partial charge in [0.05, 0.1) is 25.2 Å². The van der Waals surface area contributed by atoms with Gasteiger partial charge in [-0.05, 0) is 18.2 Å². The summed E-state index contributed by atoms with van der Waals surface area (Å²) in [6.07, 6.45) is 0. The lowest BCUT2D eigenvalue weighted by atomic mass is 9.81. The molecule has 140 valence electrons. The summed E-state index contributed by atoms with van der Waals surface area (Å²) in [6.45, 7) is 1.27. The van der Waals surface area contributed by atoms with E-state index < -0.39 is 5.97 Å². The van der Waals surface area contributed by atoms with E-state index in [0.29, 0.717) is 22.3 Å². The summed E-state index contributed by atoms with van der Waals surface area (Å²) in [4.78, 5) is 38.2. The molecule has 0 fully saturated rings. The largest absolute Gasteiger partial charge is 0.496 e. The molecule has 0 amide bonds. The minimum Gasteiger partial charge on any atom is -0.496 e. The number of ether oxygens (including phenoxy) is 3. The molecule has 0 saturated heterocycles. The van der Waals surface area contributed by atoms with Gasteiger partial charge in [-0.15, -0.1) is 0 Å². The van der Waals surface area contributed by atoms with Crippen LogP contribution in [-0.4, -0.2) is 31.8 Å². The van der Waals surface area contributed by atoms with Crippen LogP contribution in [-0.2, 0) is 4.79 Å². The number of methoxy groups -OCH3 is 2. The Labute approximate surface area is 160 Å². The topological polar surface area (TPSA) is 78.9 Å². The number of ketones is 2. The van der Waals surface area contributed by atoms with Gasteiger partial charge in [0.2, 0.25) is 0 Å². The average Bonchev–Trinajstić information content (AvgIpc) is 2.70. The standard InChI is InChI=1S/C22H16O6/c1-11(23)28-17-10-14-18(12-6-4-8-15(26-2)19(12)17)21(24)13-7-5-9-16(27-3)20(13)22(14)25/h4-10H,1-3H3. The molecule has 3 aromatic rings. The second-order valence-electron chi connectivity index (χ2n) is 6.31. The molecule has 0 bridgehead atoms. The maximum Gasteiger partial charge on any atom is 0.308 e. The molecule has 3 aromatic carbocycles. The van der Waals surface area contributed by atoms with Crippen LogP contribution in [0.25, 0.3) is 10.8 Å². The van der Waals surface area contributed by atoms with E-state index in [1.807, 2.05) is 0 Å². The van der Waals surface area contributed by atoms with E-state index in [1.165, 1.54) is 27.2 Å². The first-order valence-corrected chi connectivity index (χ1v) is 8.56. The lowest BCUT2D eigenvalue weighted by Gasteiger charge is -2.22. The van der Waals surface area contributed by atoms with Crippen LogP contribution in [0.4, 0.5) is 0 Å². The molecule has 0 radical (unpaired) electrons. The van der Waals surface area contributed by atoms with Gasteiger partial charge in [0.15, 0.2) is 11.6 Å². The Morgan fingerprint density at radius 2 is 1.43 bits per heavy atom. The van der Waals surface area contributed by atoms with Crippen molar-refractivity contribution in [3.05, 3.63) is 64.7 Å². The number of fused-ring (bicyclic) bond motifs is 4. The van der Waals surface area contributed by atoms with Crippen LogP contribution >= 0.6 is 0 Å². The van der Waals surface area contributed by atoms with Gasteiger partial charge < -0.3 is 14.2 Å². The first-order chi connectivity index (χ1) is 13.5. The molecule has 0 aromatic heterocycles. The van der Waals surface area contributed by atoms with Gasteiger partial charge in [-0.1, -0.05) is 24.3 Å². The summed E-state index contributed by atoms with van der Waals surface area (Å²) >= 11 is 0. The summed E-state index contributed by atoms with van der Waals surface area (Å²) in [5, 5.41) is 0.950. The zero-order valence-electron chi connectivity index (χ0n) is 15.5. The molecule has 0 heterocycles. The lowest BCUT2D eigenvalue weighted by molar-refractivity contribution is -0.131. The number of hydrogen-bond acceptors (Lipinski definition) is 6. The van der Waals surface area contributed by atoms with Crippen molar-refractivity contribution < 1.29 is 28.6 Å². The third-order valence-electron chi connectivity index (χ3n) is 4.75. The van der Waals surface area contributed by atoms with E-state index in [4.69, 9.17) is 14.2 Å². The van der Waals surface area contributed by atoms with E-state index in [2.05, 4.69) is 0 Å². The SMILES string of the molecule is COc1cccc2c1C(=O)c1cc(OC(C)=O)c3c(OC)cccc3c1C2=O. The first-order valence-electron chi connectivity index (χ1n) is 8.56. The second-order valence-corrected chi connectivity index (χ2v) is 6.31. The average molecular weight is 376 g/mol. The van der Waals surface area contributed by atoms with Crippen LogP contribution < -0.4 is 14.2 Å². The lowest BCUT2D eigenvalue weighted by Crippen LogP contribution is -2.22. The highest BCUT2D eigenvalue weighted by Gasteiger charge is 2.35. The van der Waals surface area contributed by atoms with E-state index >= 15 is 0 Å². The minimum atomic E-state index is -0.542. The Balaban J connectivity index is 2.12. The van der Waals surface area contributed by atoms with Gasteiger partial charge >= 0.3 is 5.97 Å². The van der Waals surface area contributed by atoms with Gasteiger partial charge in [0.1, 0.15) is 17.2 Å². The Morgan fingerprint density at radius 1 is 0.786 bits per heavy atom. The number of hydrogen-bond donors (Lipinski definition) is 0. The highest BCUT2D eigenvalue weighted by Crippen LogP contribution is 2.43. The summed E-state index contributed by atoms with van der Waals surface area (Å²) in [5.41, 5.74) is 0.911.